The molecule has 0 aliphatic heterocycles. The number of hydrogen-bond acceptors (Lipinski definition) is 4. The van der Waals surface area contributed by atoms with Crippen LogP contribution >= 0.6 is 8.58 Å². The van der Waals surface area contributed by atoms with E-state index in [1.54, 1.807) is 24.3 Å². The van der Waals surface area contributed by atoms with Crippen molar-refractivity contribution >= 4 is 39.4 Å². The molecule has 0 aliphatic rings. The summed E-state index contributed by atoms with van der Waals surface area (Å²) in [5, 5.41) is 1.64. The van der Waals surface area contributed by atoms with E-state index in [1.807, 2.05) is 0 Å². The standard InChI is InChI=1S/C12H11O6PS2/c13-20(14,15)11-5-1-9(2-6-11)19-10-3-7-12(8-4-10)21(16,17)18/h1-8,19H,(H,13,14,15)(H,16,17,18). The van der Waals surface area contributed by atoms with E-state index in [9.17, 15) is 16.8 Å². The van der Waals surface area contributed by atoms with Gasteiger partial charge in [-0.1, -0.05) is 32.8 Å². The highest BCUT2D eigenvalue weighted by Crippen LogP contribution is 2.15. The first kappa shape index (κ1) is 16.1. The molecule has 2 N–H and O–H groups in total. The van der Waals surface area contributed by atoms with Crippen LogP contribution in [0.4, 0.5) is 0 Å². The Morgan fingerprint density at radius 1 is 0.619 bits per heavy atom. The van der Waals surface area contributed by atoms with Crippen LogP contribution in [0, 0.1) is 0 Å². The van der Waals surface area contributed by atoms with Crippen molar-refractivity contribution in [2.75, 3.05) is 0 Å². The van der Waals surface area contributed by atoms with Gasteiger partial charge in [0, 0.05) is 0 Å². The van der Waals surface area contributed by atoms with E-state index in [1.165, 1.54) is 24.3 Å². The zero-order valence-electron chi connectivity index (χ0n) is 10.5. The van der Waals surface area contributed by atoms with Gasteiger partial charge in [-0.2, -0.15) is 16.8 Å². The van der Waals surface area contributed by atoms with Crippen molar-refractivity contribution in [1.82, 2.24) is 0 Å². The van der Waals surface area contributed by atoms with Gasteiger partial charge in [0.1, 0.15) is 0 Å². The number of hydrogen-bond donors (Lipinski definition) is 2. The van der Waals surface area contributed by atoms with E-state index in [4.69, 9.17) is 9.11 Å². The third kappa shape index (κ3) is 4.33. The lowest BCUT2D eigenvalue weighted by Crippen LogP contribution is -2.06. The van der Waals surface area contributed by atoms with Crippen LogP contribution < -0.4 is 10.6 Å². The molecule has 0 aromatic heterocycles. The molecule has 0 amide bonds. The minimum Gasteiger partial charge on any atom is -0.282 e. The SMILES string of the molecule is O=S(=O)(O)c1ccc(Pc2ccc(S(=O)(=O)O)cc2)cc1. The molecule has 0 saturated carbocycles. The Balaban J connectivity index is 2.19. The Morgan fingerprint density at radius 3 is 1.14 bits per heavy atom. The van der Waals surface area contributed by atoms with Gasteiger partial charge >= 0.3 is 0 Å². The zero-order valence-corrected chi connectivity index (χ0v) is 13.1. The third-order valence-corrected chi connectivity index (χ3v) is 5.57. The van der Waals surface area contributed by atoms with E-state index < -0.39 is 20.2 Å². The van der Waals surface area contributed by atoms with E-state index in [-0.39, 0.29) is 18.4 Å². The fourth-order valence-electron chi connectivity index (χ4n) is 1.59. The van der Waals surface area contributed by atoms with E-state index in [0.29, 0.717) is 0 Å². The van der Waals surface area contributed by atoms with E-state index >= 15 is 0 Å². The lowest BCUT2D eigenvalue weighted by Gasteiger charge is -2.04. The topological polar surface area (TPSA) is 109 Å². The summed E-state index contributed by atoms with van der Waals surface area (Å²) >= 11 is 0. The smallest absolute Gasteiger partial charge is 0.282 e. The van der Waals surface area contributed by atoms with Crippen molar-refractivity contribution in [2.45, 2.75) is 9.79 Å². The van der Waals surface area contributed by atoms with Gasteiger partial charge in [0.2, 0.25) is 0 Å². The second-order valence-corrected chi connectivity index (χ2v) is 8.37. The van der Waals surface area contributed by atoms with Crippen LogP contribution in [0.15, 0.2) is 58.3 Å². The summed E-state index contributed by atoms with van der Waals surface area (Å²) < 4.78 is 61.4. The number of rotatable bonds is 4. The predicted molar refractivity (Wildman–Crippen MR) is 80.1 cm³/mol. The van der Waals surface area contributed by atoms with Crippen LogP contribution in [0.5, 0.6) is 0 Å². The van der Waals surface area contributed by atoms with Gasteiger partial charge in [0.05, 0.1) is 9.79 Å². The summed E-state index contributed by atoms with van der Waals surface area (Å²) in [6.45, 7) is 0. The molecule has 0 atom stereocenters. The molecule has 21 heavy (non-hydrogen) atoms. The van der Waals surface area contributed by atoms with Gasteiger partial charge < -0.3 is 0 Å². The average molecular weight is 346 g/mol. The molecule has 0 heterocycles. The maximum Gasteiger partial charge on any atom is 0.294 e. The molecule has 112 valence electrons. The molecule has 0 radical (unpaired) electrons. The predicted octanol–water partition coefficient (Wildman–Crippen LogP) is 0.809. The van der Waals surface area contributed by atoms with Gasteiger partial charge in [-0.25, -0.2) is 0 Å². The molecule has 2 rings (SSSR count). The lowest BCUT2D eigenvalue weighted by molar-refractivity contribution is 0.481. The molecular formula is C12H11O6PS2. The largest absolute Gasteiger partial charge is 0.294 e. The van der Waals surface area contributed by atoms with Crippen LogP contribution in [-0.2, 0) is 20.2 Å². The van der Waals surface area contributed by atoms with Crippen LogP contribution in [0.1, 0.15) is 0 Å². The fourth-order valence-corrected chi connectivity index (χ4v) is 3.55. The first-order chi connectivity index (χ1) is 9.66. The van der Waals surface area contributed by atoms with E-state index in [2.05, 4.69) is 0 Å². The Kier molecular flexibility index (Phi) is 4.46. The first-order valence-electron chi connectivity index (χ1n) is 5.58. The molecule has 6 nitrogen and oxygen atoms in total. The Hall–Kier alpha value is -1.31. The Morgan fingerprint density at radius 2 is 0.905 bits per heavy atom. The maximum atomic E-state index is 10.9. The minimum absolute atomic E-state index is 0.183. The molecular weight excluding hydrogens is 335 g/mol. The van der Waals surface area contributed by atoms with Crippen LogP contribution in [0.25, 0.3) is 0 Å². The van der Waals surface area contributed by atoms with Gasteiger partial charge in [0.15, 0.2) is 0 Å². The lowest BCUT2D eigenvalue weighted by atomic mass is 10.4. The minimum atomic E-state index is -4.21. The normalized spacial score (nSPS) is 12.3. The van der Waals surface area contributed by atoms with Crippen molar-refractivity contribution in [2.24, 2.45) is 0 Å². The molecule has 0 unspecified atom stereocenters. The summed E-state index contributed by atoms with van der Waals surface area (Å²) in [6.07, 6.45) is 0. The first-order valence-corrected chi connectivity index (χ1v) is 9.46. The molecule has 0 spiro atoms. The van der Waals surface area contributed by atoms with Crippen LogP contribution in [0.3, 0.4) is 0 Å². The highest BCUT2D eigenvalue weighted by atomic mass is 32.2. The second kappa shape index (κ2) is 5.82. The Labute approximate surface area is 124 Å². The maximum absolute atomic E-state index is 10.9. The molecule has 0 aliphatic carbocycles. The third-order valence-electron chi connectivity index (χ3n) is 2.59. The molecule has 0 fully saturated rings. The van der Waals surface area contributed by atoms with E-state index in [0.717, 1.165) is 10.6 Å². The van der Waals surface area contributed by atoms with Gasteiger partial charge in [0.25, 0.3) is 20.2 Å². The van der Waals surface area contributed by atoms with Gasteiger partial charge in [-0.05, 0) is 34.9 Å². The summed E-state index contributed by atoms with van der Waals surface area (Å²) in [5.41, 5.74) is 0. The molecule has 2 aromatic carbocycles. The highest BCUT2D eigenvalue weighted by Gasteiger charge is 2.10. The number of benzene rings is 2. The van der Waals surface area contributed by atoms with Crippen molar-refractivity contribution < 1.29 is 25.9 Å². The Bertz CT molecular complexity index is 766. The van der Waals surface area contributed by atoms with Crippen molar-refractivity contribution in [3.63, 3.8) is 0 Å². The second-order valence-electron chi connectivity index (χ2n) is 4.12. The summed E-state index contributed by atoms with van der Waals surface area (Å²) in [6, 6.07) is 11.5. The van der Waals surface area contributed by atoms with Crippen LogP contribution in [0.2, 0.25) is 0 Å². The summed E-state index contributed by atoms with van der Waals surface area (Å²) in [5.74, 6) is 0. The summed E-state index contributed by atoms with van der Waals surface area (Å²) in [4.78, 5) is -0.365. The molecule has 9 heteroatoms. The zero-order chi connectivity index (χ0) is 15.7. The van der Waals surface area contributed by atoms with Crippen molar-refractivity contribution in [3.8, 4) is 0 Å². The molecule has 0 saturated heterocycles. The van der Waals surface area contributed by atoms with Crippen molar-refractivity contribution in [1.29, 1.82) is 0 Å². The summed E-state index contributed by atoms with van der Waals surface area (Å²) in [7, 11) is -8.23. The average Bonchev–Trinajstić information content (AvgIpc) is 2.38. The highest BCUT2D eigenvalue weighted by molar-refractivity contribution is 7.86. The molecule has 0 bridgehead atoms. The van der Waals surface area contributed by atoms with Crippen molar-refractivity contribution in [3.05, 3.63) is 48.5 Å². The van der Waals surface area contributed by atoms with Crippen LogP contribution in [-0.4, -0.2) is 25.9 Å². The van der Waals surface area contributed by atoms with Gasteiger partial charge in [-0.15, -0.1) is 0 Å². The van der Waals surface area contributed by atoms with Gasteiger partial charge in [-0.3, -0.25) is 9.11 Å². The fraction of sp³-hybridized carbons (Fsp3) is 0. The quantitative estimate of drug-likeness (QED) is 0.626. The molecule has 2 aromatic rings. The monoisotopic (exact) mass is 346 g/mol.